The number of H-pyrrole nitrogens is 1. The molecule has 2 aromatic rings. The van der Waals surface area contributed by atoms with E-state index in [9.17, 15) is 0 Å². The highest BCUT2D eigenvalue weighted by molar-refractivity contribution is 9.10. The number of aromatic nitrogens is 2. The maximum Gasteiger partial charge on any atom is 0.197 e. The molecule has 96 valence electrons. The second-order valence-electron chi connectivity index (χ2n) is 4.66. The van der Waals surface area contributed by atoms with E-state index in [1.54, 1.807) is 0 Å². The standard InChI is InChI=1S/C12H15BrN4S/c1-15-4-6-16(7-5-15)17-11-3-2-9(13)8-10(11)14-12(17)18/h2-3,8H,4-7H2,1H3,(H,14,18). The summed E-state index contributed by atoms with van der Waals surface area (Å²) in [5.74, 6) is 0. The Morgan fingerprint density at radius 3 is 2.67 bits per heavy atom. The van der Waals surface area contributed by atoms with Gasteiger partial charge in [0.05, 0.1) is 11.0 Å². The van der Waals surface area contributed by atoms with Crippen molar-refractivity contribution in [1.29, 1.82) is 0 Å². The SMILES string of the molecule is CN1CCN(n2c(=S)[nH]c3cc(Br)ccc32)CC1. The Labute approximate surface area is 119 Å². The lowest BCUT2D eigenvalue weighted by molar-refractivity contribution is 0.288. The molecule has 0 radical (unpaired) electrons. The lowest BCUT2D eigenvalue weighted by Gasteiger charge is -2.34. The van der Waals surface area contributed by atoms with Crippen molar-refractivity contribution in [2.45, 2.75) is 0 Å². The van der Waals surface area contributed by atoms with Gasteiger partial charge in [-0.2, -0.15) is 0 Å². The molecule has 0 aliphatic carbocycles. The van der Waals surface area contributed by atoms with Gasteiger partial charge in [0.25, 0.3) is 0 Å². The Morgan fingerprint density at radius 1 is 1.22 bits per heavy atom. The first-order chi connectivity index (χ1) is 8.65. The first-order valence-corrected chi connectivity index (χ1v) is 7.19. The molecule has 4 nitrogen and oxygen atoms in total. The van der Waals surface area contributed by atoms with Gasteiger partial charge in [-0.3, -0.25) is 0 Å². The summed E-state index contributed by atoms with van der Waals surface area (Å²) in [5, 5.41) is 2.31. The normalized spacial score (nSPS) is 17.6. The number of aromatic amines is 1. The number of likely N-dealkylation sites (N-methyl/N-ethyl adjacent to an activating group) is 1. The fourth-order valence-electron chi connectivity index (χ4n) is 2.35. The molecule has 18 heavy (non-hydrogen) atoms. The maximum atomic E-state index is 5.44. The third-order valence-corrected chi connectivity index (χ3v) is 4.15. The minimum Gasteiger partial charge on any atom is -0.329 e. The van der Waals surface area contributed by atoms with Gasteiger partial charge >= 0.3 is 0 Å². The zero-order chi connectivity index (χ0) is 12.7. The van der Waals surface area contributed by atoms with Crippen molar-refractivity contribution >= 4 is 39.2 Å². The monoisotopic (exact) mass is 326 g/mol. The van der Waals surface area contributed by atoms with Crippen LogP contribution in [0.2, 0.25) is 0 Å². The third-order valence-electron chi connectivity index (χ3n) is 3.38. The minimum atomic E-state index is 0.771. The van der Waals surface area contributed by atoms with Gasteiger partial charge in [-0.05, 0) is 37.5 Å². The number of fused-ring (bicyclic) bond motifs is 1. The van der Waals surface area contributed by atoms with Gasteiger partial charge in [-0.1, -0.05) is 15.9 Å². The molecule has 0 amide bonds. The maximum absolute atomic E-state index is 5.44. The third kappa shape index (κ3) is 2.08. The molecule has 0 atom stereocenters. The molecule has 1 aliphatic heterocycles. The number of piperazine rings is 1. The van der Waals surface area contributed by atoms with E-state index >= 15 is 0 Å². The second-order valence-corrected chi connectivity index (χ2v) is 5.96. The van der Waals surface area contributed by atoms with Gasteiger partial charge in [-0.25, -0.2) is 4.68 Å². The van der Waals surface area contributed by atoms with Crippen molar-refractivity contribution in [3.63, 3.8) is 0 Å². The van der Waals surface area contributed by atoms with Crippen LogP contribution in [-0.2, 0) is 0 Å². The van der Waals surface area contributed by atoms with Crippen LogP contribution in [0.15, 0.2) is 22.7 Å². The van der Waals surface area contributed by atoms with E-state index < -0.39 is 0 Å². The molecule has 2 heterocycles. The average molecular weight is 327 g/mol. The van der Waals surface area contributed by atoms with Crippen LogP contribution in [0.25, 0.3) is 11.0 Å². The molecular weight excluding hydrogens is 312 g/mol. The smallest absolute Gasteiger partial charge is 0.197 e. The highest BCUT2D eigenvalue weighted by Crippen LogP contribution is 2.20. The van der Waals surface area contributed by atoms with Crippen molar-refractivity contribution in [2.75, 3.05) is 38.2 Å². The molecule has 1 fully saturated rings. The number of benzene rings is 1. The molecule has 1 N–H and O–H groups in total. The first kappa shape index (κ1) is 12.2. The summed E-state index contributed by atoms with van der Waals surface area (Å²) in [6.07, 6.45) is 0. The van der Waals surface area contributed by atoms with Gasteiger partial charge in [0.1, 0.15) is 0 Å². The topological polar surface area (TPSA) is 27.2 Å². The number of hydrogen-bond donors (Lipinski definition) is 1. The minimum absolute atomic E-state index is 0.771. The molecule has 1 aliphatic rings. The zero-order valence-corrected chi connectivity index (χ0v) is 12.6. The predicted molar refractivity (Wildman–Crippen MR) is 80.3 cm³/mol. The Morgan fingerprint density at radius 2 is 1.94 bits per heavy atom. The Bertz CT molecular complexity index is 625. The molecular formula is C12H15BrN4S. The number of halogens is 1. The Kier molecular flexibility index (Phi) is 3.17. The van der Waals surface area contributed by atoms with Crippen LogP contribution in [0, 0.1) is 4.77 Å². The first-order valence-electron chi connectivity index (χ1n) is 5.99. The Hall–Kier alpha value is -0.850. The van der Waals surface area contributed by atoms with E-state index in [-0.39, 0.29) is 0 Å². The van der Waals surface area contributed by atoms with E-state index in [1.807, 2.05) is 0 Å². The van der Waals surface area contributed by atoms with Crippen molar-refractivity contribution in [2.24, 2.45) is 0 Å². The van der Waals surface area contributed by atoms with Crippen LogP contribution in [0.5, 0.6) is 0 Å². The molecule has 1 aromatic carbocycles. The fraction of sp³-hybridized carbons (Fsp3) is 0.417. The number of hydrogen-bond acceptors (Lipinski definition) is 3. The van der Waals surface area contributed by atoms with Gasteiger partial charge in [0.15, 0.2) is 4.77 Å². The van der Waals surface area contributed by atoms with E-state index in [2.05, 4.69) is 60.7 Å². The van der Waals surface area contributed by atoms with Crippen molar-refractivity contribution < 1.29 is 0 Å². The van der Waals surface area contributed by atoms with E-state index in [1.165, 1.54) is 0 Å². The van der Waals surface area contributed by atoms with Gasteiger partial charge in [-0.15, -0.1) is 0 Å². The number of nitrogens with zero attached hydrogens (tertiary/aromatic N) is 3. The summed E-state index contributed by atoms with van der Waals surface area (Å²) in [6, 6.07) is 6.22. The van der Waals surface area contributed by atoms with Crippen LogP contribution in [0.3, 0.4) is 0 Å². The molecule has 6 heteroatoms. The second kappa shape index (κ2) is 4.68. The molecule has 0 unspecified atom stereocenters. The van der Waals surface area contributed by atoms with Crippen LogP contribution in [0.1, 0.15) is 0 Å². The molecule has 0 spiro atoms. The van der Waals surface area contributed by atoms with Crippen molar-refractivity contribution in [3.05, 3.63) is 27.4 Å². The fourth-order valence-corrected chi connectivity index (χ4v) is 3.03. The van der Waals surface area contributed by atoms with Gasteiger partial charge < -0.3 is 14.9 Å². The predicted octanol–water partition coefficient (Wildman–Crippen LogP) is 2.34. The van der Waals surface area contributed by atoms with Gasteiger partial charge in [0.2, 0.25) is 0 Å². The molecule has 0 saturated carbocycles. The van der Waals surface area contributed by atoms with Crippen LogP contribution in [0.4, 0.5) is 0 Å². The summed E-state index contributed by atoms with van der Waals surface area (Å²) in [7, 11) is 2.16. The number of rotatable bonds is 1. The van der Waals surface area contributed by atoms with E-state index in [0.717, 1.165) is 46.5 Å². The lowest BCUT2D eigenvalue weighted by atomic mass is 10.3. The lowest BCUT2D eigenvalue weighted by Crippen LogP contribution is -2.49. The summed E-state index contributed by atoms with van der Waals surface area (Å²) >= 11 is 8.93. The largest absolute Gasteiger partial charge is 0.329 e. The van der Waals surface area contributed by atoms with E-state index in [0.29, 0.717) is 0 Å². The van der Waals surface area contributed by atoms with E-state index in [4.69, 9.17) is 12.2 Å². The molecule has 1 aromatic heterocycles. The molecule has 1 saturated heterocycles. The van der Waals surface area contributed by atoms with Gasteiger partial charge in [0, 0.05) is 30.7 Å². The van der Waals surface area contributed by atoms with Crippen molar-refractivity contribution in [1.82, 2.24) is 14.6 Å². The molecule has 3 rings (SSSR count). The summed E-state index contributed by atoms with van der Waals surface area (Å²) in [6.45, 7) is 4.16. The van der Waals surface area contributed by atoms with Crippen LogP contribution in [-0.4, -0.2) is 47.8 Å². The zero-order valence-electron chi connectivity index (χ0n) is 10.2. The summed E-state index contributed by atoms with van der Waals surface area (Å²) < 4.78 is 3.97. The highest BCUT2D eigenvalue weighted by Gasteiger charge is 2.17. The summed E-state index contributed by atoms with van der Waals surface area (Å²) in [5.41, 5.74) is 2.22. The number of nitrogens with one attached hydrogen (secondary N) is 1. The Balaban J connectivity index is 2.06. The average Bonchev–Trinajstić information content (AvgIpc) is 2.65. The highest BCUT2D eigenvalue weighted by atomic mass is 79.9. The van der Waals surface area contributed by atoms with Crippen LogP contribution < -0.4 is 5.01 Å². The number of imidazole rings is 1. The van der Waals surface area contributed by atoms with Crippen LogP contribution >= 0.6 is 28.1 Å². The summed E-state index contributed by atoms with van der Waals surface area (Å²) in [4.78, 5) is 5.61. The molecule has 0 bridgehead atoms. The quantitative estimate of drug-likeness (QED) is 0.815. The van der Waals surface area contributed by atoms with Crippen molar-refractivity contribution in [3.8, 4) is 0 Å².